The van der Waals surface area contributed by atoms with E-state index in [1.165, 1.54) is 0 Å². The molecule has 0 radical (unpaired) electrons. The average molecular weight is 395 g/mol. The Morgan fingerprint density at radius 3 is 0.833 bits per heavy atom. The van der Waals surface area contributed by atoms with Crippen LogP contribution in [0.4, 0.5) is 39.5 Å². The van der Waals surface area contributed by atoms with E-state index in [0.29, 0.717) is 0 Å². The van der Waals surface area contributed by atoms with Crippen molar-refractivity contribution in [2.75, 3.05) is 42.3 Å². The first-order valence-electron chi connectivity index (χ1n) is 6.18. The fourth-order valence-corrected chi connectivity index (χ4v) is 3.81. The maximum atomic E-state index is 12.0. The SMILES string of the molecule is CN(C)[S+](N(C)C)N(C)C.F[C-]1C(F)(F)C(F)(F)C(F)(F)C1(F)F. The van der Waals surface area contributed by atoms with E-state index in [4.69, 9.17) is 0 Å². The molecule has 0 aromatic carbocycles. The summed E-state index contributed by atoms with van der Waals surface area (Å²) in [5, 5.41) is 0. The lowest BCUT2D eigenvalue weighted by atomic mass is 10.2. The van der Waals surface area contributed by atoms with Crippen molar-refractivity contribution in [1.29, 1.82) is 0 Å². The van der Waals surface area contributed by atoms with Crippen molar-refractivity contribution in [2.24, 2.45) is 0 Å². The van der Waals surface area contributed by atoms with Gasteiger partial charge in [-0.3, -0.25) is 0 Å². The molecule has 0 heterocycles. The summed E-state index contributed by atoms with van der Waals surface area (Å²) in [7, 11) is 12.5. The number of hydrogen-bond donors (Lipinski definition) is 0. The van der Waals surface area contributed by atoms with Gasteiger partial charge in [0.1, 0.15) is 0 Å². The van der Waals surface area contributed by atoms with Gasteiger partial charge in [0.25, 0.3) is 11.5 Å². The molecule has 0 aromatic rings. The van der Waals surface area contributed by atoms with Crippen LogP contribution in [0.15, 0.2) is 0 Å². The van der Waals surface area contributed by atoms with Gasteiger partial charge in [-0.05, 0) is 6.17 Å². The Bertz CT molecular complexity index is 384. The Labute approximate surface area is 137 Å². The second-order valence-electron chi connectivity index (χ2n) is 5.29. The molecular weight excluding hydrogens is 377 g/mol. The number of alkyl halides is 8. The van der Waals surface area contributed by atoms with Gasteiger partial charge in [0.2, 0.25) is 11.8 Å². The van der Waals surface area contributed by atoms with Crippen molar-refractivity contribution in [3.05, 3.63) is 6.17 Å². The zero-order valence-corrected chi connectivity index (χ0v) is 14.5. The summed E-state index contributed by atoms with van der Waals surface area (Å²) in [5.41, 5.74) is 0. The molecule has 0 bridgehead atoms. The molecule has 146 valence electrons. The zero-order chi connectivity index (χ0) is 19.9. The highest BCUT2D eigenvalue weighted by Crippen LogP contribution is 2.67. The molecule has 0 aromatic heterocycles. The van der Waals surface area contributed by atoms with Crippen LogP contribution in [0.25, 0.3) is 0 Å². The quantitative estimate of drug-likeness (QED) is 0.413. The Balaban J connectivity index is 0.000000470. The molecule has 0 N–H and O–H groups in total. The van der Waals surface area contributed by atoms with Crippen molar-refractivity contribution < 1.29 is 39.5 Å². The monoisotopic (exact) mass is 395 g/mol. The van der Waals surface area contributed by atoms with Crippen LogP contribution in [0.3, 0.4) is 0 Å². The normalized spacial score (nSPS) is 24.6. The molecule has 0 atom stereocenters. The molecule has 0 unspecified atom stereocenters. The van der Waals surface area contributed by atoms with E-state index in [0.717, 1.165) is 0 Å². The van der Waals surface area contributed by atoms with Gasteiger partial charge in [0, 0.05) is 42.3 Å². The molecular formula is C11H18F9N3S. The molecule has 3 nitrogen and oxygen atoms in total. The third-order valence-corrected chi connectivity index (χ3v) is 4.67. The van der Waals surface area contributed by atoms with Crippen LogP contribution in [0.1, 0.15) is 0 Å². The Morgan fingerprint density at radius 2 is 0.792 bits per heavy atom. The molecule has 0 aliphatic heterocycles. The maximum Gasteiger partial charge on any atom is 0.349 e. The van der Waals surface area contributed by atoms with E-state index in [2.05, 4.69) is 55.2 Å². The fraction of sp³-hybridized carbons (Fsp3) is 0.909. The number of hydrogen-bond acceptors (Lipinski definition) is 3. The van der Waals surface area contributed by atoms with Crippen LogP contribution >= 0.6 is 0 Å². The third-order valence-electron chi connectivity index (χ3n) is 2.71. The van der Waals surface area contributed by atoms with Crippen molar-refractivity contribution in [2.45, 2.75) is 23.7 Å². The second-order valence-corrected chi connectivity index (χ2v) is 7.97. The summed E-state index contributed by atoms with van der Waals surface area (Å²) in [6.07, 6.45) is -4.01. The topological polar surface area (TPSA) is 9.72 Å². The Hall–Kier alpha value is -0.400. The lowest BCUT2D eigenvalue weighted by Gasteiger charge is -2.28. The smallest absolute Gasteiger partial charge is 0.349 e. The van der Waals surface area contributed by atoms with E-state index in [1.807, 2.05) is 0 Å². The van der Waals surface area contributed by atoms with E-state index in [1.54, 1.807) is 0 Å². The molecule has 1 saturated carbocycles. The third kappa shape index (κ3) is 3.58. The van der Waals surface area contributed by atoms with Crippen molar-refractivity contribution >= 4 is 11.5 Å². The van der Waals surface area contributed by atoms with Gasteiger partial charge in [-0.2, -0.15) is 17.6 Å². The van der Waals surface area contributed by atoms with E-state index in [-0.39, 0.29) is 11.5 Å². The summed E-state index contributed by atoms with van der Waals surface area (Å²) >= 11 is 0.120. The van der Waals surface area contributed by atoms with Crippen molar-refractivity contribution in [3.8, 4) is 0 Å². The second kappa shape index (κ2) is 7.08. The van der Waals surface area contributed by atoms with Crippen LogP contribution in [0.5, 0.6) is 0 Å². The van der Waals surface area contributed by atoms with E-state index < -0.39 is 29.9 Å². The van der Waals surface area contributed by atoms with Crippen molar-refractivity contribution in [3.63, 3.8) is 0 Å². The van der Waals surface area contributed by atoms with Gasteiger partial charge < -0.3 is 4.39 Å². The lowest BCUT2D eigenvalue weighted by Crippen LogP contribution is -2.51. The highest BCUT2D eigenvalue weighted by Gasteiger charge is 2.86. The molecule has 1 fully saturated rings. The van der Waals surface area contributed by atoms with Gasteiger partial charge in [-0.1, -0.05) is 12.9 Å². The predicted octanol–water partition coefficient (Wildman–Crippen LogP) is 3.08. The average Bonchev–Trinajstić information content (AvgIpc) is 2.40. The highest BCUT2D eigenvalue weighted by atomic mass is 32.2. The first-order chi connectivity index (χ1) is 10.4. The van der Waals surface area contributed by atoms with E-state index in [9.17, 15) is 39.5 Å². The first kappa shape index (κ1) is 23.6. The van der Waals surface area contributed by atoms with Crippen molar-refractivity contribution in [1.82, 2.24) is 12.9 Å². The number of rotatable bonds is 3. The summed E-state index contributed by atoms with van der Waals surface area (Å²) < 4.78 is 114. The molecule has 0 spiro atoms. The summed E-state index contributed by atoms with van der Waals surface area (Å²) in [4.78, 5) is 0. The van der Waals surface area contributed by atoms with Crippen LogP contribution in [-0.4, -0.2) is 78.9 Å². The Morgan fingerprint density at radius 1 is 0.583 bits per heavy atom. The van der Waals surface area contributed by atoms with Crippen LogP contribution in [0, 0.1) is 6.17 Å². The van der Waals surface area contributed by atoms with Gasteiger partial charge in [-0.15, -0.1) is 0 Å². The maximum absolute atomic E-state index is 12.0. The Kier molecular flexibility index (Phi) is 6.96. The highest BCUT2D eigenvalue weighted by molar-refractivity contribution is 7.90. The largest absolute Gasteiger partial charge is 0.444 e. The van der Waals surface area contributed by atoms with Gasteiger partial charge in [-0.25, -0.2) is 17.6 Å². The minimum atomic E-state index is -6.44. The molecule has 0 saturated heterocycles. The molecule has 13 heteroatoms. The number of nitrogens with zero attached hydrogens (tertiary/aromatic N) is 3. The van der Waals surface area contributed by atoms with Crippen LogP contribution in [-0.2, 0) is 11.5 Å². The lowest BCUT2D eigenvalue weighted by molar-refractivity contribution is -0.303. The summed E-state index contributed by atoms with van der Waals surface area (Å²) in [6.45, 7) is 0. The predicted molar refractivity (Wildman–Crippen MR) is 72.6 cm³/mol. The standard InChI is InChI=1S/C6H18N3S.C5F9/c1-7(2)10(8(3)4)9(5)6;6-1-2(7,8)4(11,12)5(13,14)3(1,9)10/h1-6H3;/q+1;-1. The molecule has 0 amide bonds. The minimum Gasteiger partial charge on any atom is -0.444 e. The molecule has 1 aliphatic rings. The van der Waals surface area contributed by atoms with Crippen LogP contribution in [0.2, 0.25) is 0 Å². The van der Waals surface area contributed by atoms with Gasteiger partial charge in [0.05, 0.1) is 0 Å². The van der Waals surface area contributed by atoms with Crippen LogP contribution < -0.4 is 0 Å². The summed E-state index contributed by atoms with van der Waals surface area (Å²) in [6, 6.07) is 0. The van der Waals surface area contributed by atoms with Gasteiger partial charge in [0.15, 0.2) is 0 Å². The first-order valence-corrected chi connectivity index (χ1v) is 7.28. The van der Waals surface area contributed by atoms with Gasteiger partial charge >= 0.3 is 11.8 Å². The molecule has 1 rings (SSSR count). The molecule has 24 heavy (non-hydrogen) atoms. The number of halogens is 9. The summed E-state index contributed by atoms with van der Waals surface area (Å²) in [5.74, 6) is -25.2. The molecule has 1 aliphatic carbocycles. The fourth-order valence-electron chi connectivity index (χ4n) is 1.85. The van der Waals surface area contributed by atoms with E-state index >= 15 is 0 Å². The zero-order valence-electron chi connectivity index (χ0n) is 13.7. The minimum absolute atomic E-state index is 0.120.